The molecule has 0 saturated heterocycles. The molecular weight excluding hydrogens is 283 g/mol. The molecular formula is C16H13Zr-. The van der Waals surface area contributed by atoms with Crippen LogP contribution in [-0.4, -0.2) is 0 Å². The van der Waals surface area contributed by atoms with E-state index in [9.17, 15) is 0 Å². The van der Waals surface area contributed by atoms with E-state index in [0.717, 1.165) is 6.42 Å². The molecule has 1 unspecified atom stereocenters. The summed E-state index contributed by atoms with van der Waals surface area (Å²) >= 11 is 0. The van der Waals surface area contributed by atoms with E-state index in [4.69, 9.17) is 0 Å². The molecule has 2 aromatic carbocycles. The Morgan fingerprint density at radius 1 is 1.12 bits per heavy atom. The summed E-state index contributed by atoms with van der Waals surface area (Å²) in [5.74, 6) is 0.449. The van der Waals surface area contributed by atoms with E-state index < -0.39 is 0 Å². The molecule has 82 valence electrons. The maximum Gasteiger partial charge on any atom is 0 e. The van der Waals surface area contributed by atoms with Gasteiger partial charge in [0.05, 0.1) is 0 Å². The molecule has 0 aromatic heterocycles. The number of hydrogen-bond acceptors (Lipinski definition) is 0. The van der Waals surface area contributed by atoms with Crippen LogP contribution in [-0.2, 0) is 26.2 Å². The van der Waals surface area contributed by atoms with Crippen LogP contribution in [0.3, 0.4) is 0 Å². The fourth-order valence-corrected chi connectivity index (χ4v) is 2.59. The van der Waals surface area contributed by atoms with Gasteiger partial charge in [-0.2, -0.15) is 24.3 Å². The Morgan fingerprint density at radius 3 is 2.71 bits per heavy atom. The van der Waals surface area contributed by atoms with Crippen molar-refractivity contribution in [2.75, 3.05) is 0 Å². The van der Waals surface area contributed by atoms with E-state index in [1.165, 1.54) is 22.3 Å². The van der Waals surface area contributed by atoms with Gasteiger partial charge in [-0.15, -0.1) is 17.7 Å². The summed E-state index contributed by atoms with van der Waals surface area (Å²) in [6, 6.07) is 18.3. The Labute approximate surface area is 122 Å². The molecule has 0 heterocycles. The van der Waals surface area contributed by atoms with Gasteiger partial charge in [0.2, 0.25) is 0 Å². The van der Waals surface area contributed by atoms with Gasteiger partial charge < -0.3 is 0 Å². The minimum atomic E-state index is 0. The second-order valence-corrected chi connectivity index (χ2v) is 4.16. The smallest absolute Gasteiger partial charge is 0 e. The molecule has 0 saturated carbocycles. The quantitative estimate of drug-likeness (QED) is 0.576. The van der Waals surface area contributed by atoms with Crippen LogP contribution in [0.5, 0.6) is 0 Å². The summed E-state index contributed by atoms with van der Waals surface area (Å²) in [7, 11) is 0. The second-order valence-electron chi connectivity index (χ2n) is 4.16. The molecule has 3 rings (SSSR count). The average molecular weight is 297 g/mol. The molecule has 17 heavy (non-hydrogen) atoms. The molecule has 1 aliphatic carbocycles. The first-order chi connectivity index (χ1) is 7.92. The summed E-state index contributed by atoms with van der Waals surface area (Å²) in [6.45, 7) is 3.86. The van der Waals surface area contributed by atoms with Crippen LogP contribution < -0.4 is 0 Å². The van der Waals surface area contributed by atoms with E-state index in [1.807, 2.05) is 12.1 Å². The minimum Gasteiger partial charge on any atom is -0.179 e. The summed E-state index contributed by atoms with van der Waals surface area (Å²) in [5.41, 5.74) is 5.44. The van der Waals surface area contributed by atoms with Crippen molar-refractivity contribution >= 4 is 0 Å². The zero-order valence-electron chi connectivity index (χ0n) is 9.61. The van der Waals surface area contributed by atoms with Crippen molar-refractivity contribution in [1.29, 1.82) is 0 Å². The molecule has 1 heteroatoms. The summed E-state index contributed by atoms with van der Waals surface area (Å²) in [5, 5.41) is 0. The fraction of sp³-hybridized carbons (Fsp3) is 0.125. The largest absolute Gasteiger partial charge is 0.179 e. The Kier molecular flexibility index (Phi) is 3.79. The zero-order valence-corrected chi connectivity index (χ0v) is 12.1. The van der Waals surface area contributed by atoms with Crippen molar-refractivity contribution in [3.8, 4) is 11.1 Å². The van der Waals surface area contributed by atoms with Crippen LogP contribution in [0.1, 0.15) is 23.5 Å². The average Bonchev–Trinajstić information content (AvgIpc) is 2.66. The van der Waals surface area contributed by atoms with E-state index in [1.54, 1.807) is 0 Å². The first-order valence-corrected chi connectivity index (χ1v) is 5.62. The van der Waals surface area contributed by atoms with Gasteiger partial charge in [-0.25, -0.2) is 0 Å². The third-order valence-electron chi connectivity index (χ3n) is 3.27. The van der Waals surface area contributed by atoms with Crippen molar-refractivity contribution < 1.29 is 26.2 Å². The Balaban J connectivity index is 0.00000108. The SMILES string of the molecule is C=CCC1c2[c-]cccc2-c2ccccc21.[Zr]. The molecule has 2 aromatic rings. The molecule has 0 radical (unpaired) electrons. The predicted molar refractivity (Wildman–Crippen MR) is 67.4 cm³/mol. The molecule has 1 aliphatic rings. The monoisotopic (exact) mass is 295 g/mol. The Bertz CT molecular complexity index is 497. The maximum absolute atomic E-state index is 3.86. The zero-order chi connectivity index (χ0) is 11.0. The van der Waals surface area contributed by atoms with Crippen molar-refractivity contribution in [3.63, 3.8) is 0 Å². The van der Waals surface area contributed by atoms with Gasteiger partial charge in [0.15, 0.2) is 0 Å². The standard InChI is InChI=1S/C16H13.Zr/c1-2-7-12-13-8-3-5-10-15(13)16-11-6-4-9-14(12)16;/h2-6,8,10-12H,1,7H2;/q-1;. The summed E-state index contributed by atoms with van der Waals surface area (Å²) < 4.78 is 0. The van der Waals surface area contributed by atoms with Crippen LogP contribution in [0.2, 0.25) is 0 Å². The maximum atomic E-state index is 3.86. The molecule has 0 nitrogen and oxygen atoms in total. The van der Waals surface area contributed by atoms with E-state index >= 15 is 0 Å². The van der Waals surface area contributed by atoms with Crippen molar-refractivity contribution in [3.05, 3.63) is 72.3 Å². The van der Waals surface area contributed by atoms with Gasteiger partial charge in [0.1, 0.15) is 0 Å². The summed E-state index contributed by atoms with van der Waals surface area (Å²) in [4.78, 5) is 0. The minimum absolute atomic E-state index is 0. The molecule has 0 aliphatic heterocycles. The topological polar surface area (TPSA) is 0 Å². The van der Waals surface area contributed by atoms with E-state index in [2.05, 4.69) is 49.0 Å². The summed E-state index contributed by atoms with van der Waals surface area (Å²) in [6.07, 6.45) is 2.99. The number of fused-ring (bicyclic) bond motifs is 3. The first-order valence-electron chi connectivity index (χ1n) is 5.62. The number of benzene rings is 2. The normalized spacial score (nSPS) is 15.6. The number of hydrogen-bond donors (Lipinski definition) is 0. The van der Waals surface area contributed by atoms with Crippen molar-refractivity contribution in [2.45, 2.75) is 12.3 Å². The van der Waals surface area contributed by atoms with Crippen LogP contribution in [0, 0.1) is 6.07 Å². The molecule has 0 N–H and O–H groups in total. The predicted octanol–water partition coefficient (Wildman–Crippen LogP) is 4.17. The van der Waals surface area contributed by atoms with E-state index in [0.29, 0.717) is 5.92 Å². The fourth-order valence-electron chi connectivity index (χ4n) is 2.59. The Morgan fingerprint density at radius 2 is 1.88 bits per heavy atom. The van der Waals surface area contributed by atoms with Crippen LogP contribution in [0.25, 0.3) is 11.1 Å². The molecule has 0 spiro atoms. The third kappa shape index (κ3) is 1.98. The number of allylic oxidation sites excluding steroid dienone is 1. The van der Waals surface area contributed by atoms with Gasteiger partial charge in [0, 0.05) is 26.2 Å². The second kappa shape index (κ2) is 5.14. The Hall–Kier alpha value is -0.937. The first kappa shape index (κ1) is 12.5. The number of rotatable bonds is 2. The van der Waals surface area contributed by atoms with Crippen molar-refractivity contribution in [1.82, 2.24) is 0 Å². The van der Waals surface area contributed by atoms with Gasteiger partial charge in [-0.1, -0.05) is 35.9 Å². The molecule has 1 atom stereocenters. The molecule has 0 bridgehead atoms. The van der Waals surface area contributed by atoms with Gasteiger partial charge in [0.25, 0.3) is 0 Å². The molecule has 0 fully saturated rings. The van der Waals surface area contributed by atoms with Crippen LogP contribution in [0.15, 0.2) is 55.1 Å². The van der Waals surface area contributed by atoms with Gasteiger partial charge >= 0.3 is 0 Å². The third-order valence-corrected chi connectivity index (χ3v) is 3.27. The van der Waals surface area contributed by atoms with Crippen molar-refractivity contribution in [2.24, 2.45) is 0 Å². The molecule has 0 amide bonds. The van der Waals surface area contributed by atoms with Gasteiger partial charge in [-0.3, -0.25) is 0 Å². The van der Waals surface area contributed by atoms with Crippen LogP contribution in [0.4, 0.5) is 0 Å². The van der Waals surface area contributed by atoms with Gasteiger partial charge in [-0.05, 0) is 17.9 Å². The van der Waals surface area contributed by atoms with Crippen LogP contribution >= 0.6 is 0 Å². The van der Waals surface area contributed by atoms with E-state index in [-0.39, 0.29) is 26.2 Å².